The monoisotopic (exact) mass is 652 g/mol. The number of sulfonamides is 1. The van der Waals surface area contributed by atoms with Gasteiger partial charge in [0.1, 0.15) is 11.9 Å². The Labute approximate surface area is 258 Å². The number of nitrogens with zero attached hydrogens (tertiary/aromatic N) is 4. The molecule has 0 saturated carbocycles. The summed E-state index contributed by atoms with van der Waals surface area (Å²) in [6.07, 6.45) is -2.61. The number of aliphatic hydroxyl groups is 1. The lowest BCUT2D eigenvalue weighted by atomic mass is 10.0. The second-order valence-corrected chi connectivity index (χ2v) is 13.0. The fourth-order valence-corrected chi connectivity index (χ4v) is 5.94. The summed E-state index contributed by atoms with van der Waals surface area (Å²) in [7, 11) is -0.892. The van der Waals surface area contributed by atoms with Gasteiger partial charge in [-0.15, -0.1) is 0 Å². The first-order valence-corrected chi connectivity index (χ1v) is 15.4. The van der Waals surface area contributed by atoms with Gasteiger partial charge in [0.05, 0.1) is 37.5 Å². The van der Waals surface area contributed by atoms with E-state index >= 15 is 0 Å². The predicted octanol–water partition coefficient (Wildman–Crippen LogP) is 3.55. The highest BCUT2D eigenvalue weighted by Gasteiger charge is 2.34. The molecule has 1 aromatic heterocycles. The predicted molar refractivity (Wildman–Crippen MR) is 159 cm³/mol. The van der Waals surface area contributed by atoms with Crippen LogP contribution in [-0.4, -0.2) is 83.1 Å². The maximum absolute atomic E-state index is 13.4. The van der Waals surface area contributed by atoms with Gasteiger partial charge in [0, 0.05) is 49.7 Å². The number of aromatic nitrogens is 2. The highest BCUT2D eigenvalue weighted by atomic mass is 32.2. The van der Waals surface area contributed by atoms with Gasteiger partial charge in [-0.1, -0.05) is 6.92 Å². The van der Waals surface area contributed by atoms with Gasteiger partial charge >= 0.3 is 12.2 Å². The van der Waals surface area contributed by atoms with E-state index in [-0.39, 0.29) is 54.3 Å². The number of benzene rings is 2. The van der Waals surface area contributed by atoms with Gasteiger partial charge in [0.15, 0.2) is 5.03 Å². The Morgan fingerprint density at radius 2 is 1.82 bits per heavy atom. The van der Waals surface area contributed by atoms with Crippen LogP contribution in [0.3, 0.4) is 0 Å². The van der Waals surface area contributed by atoms with Crippen LogP contribution in [0, 0.1) is 5.92 Å². The van der Waals surface area contributed by atoms with Crippen LogP contribution < -0.4 is 15.4 Å². The van der Waals surface area contributed by atoms with Gasteiger partial charge < -0.3 is 29.9 Å². The summed E-state index contributed by atoms with van der Waals surface area (Å²) >= 11 is 0. The molecule has 0 aliphatic carbocycles. The van der Waals surface area contributed by atoms with Crippen molar-refractivity contribution in [2.45, 2.75) is 43.6 Å². The van der Waals surface area contributed by atoms with E-state index in [4.69, 9.17) is 4.74 Å². The zero-order valence-electron chi connectivity index (χ0n) is 25.1. The maximum Gasteiger partial charge on any atom is 0.416 e. The number of nitrogens with one attached hydrogen (secondary N) is 2. The summed E-state index contributed by atoms with van der Waals surface area (Å²) in [4.78, 5) is 31.6. The quantitative estimate of drug-likeness (QED) is 0.338. The number of anilines is 2. The number of carbonyl (C=O) groups is 2. The molecular weight excluding hydrogens is 617 g/mol. The lowest BCUT2D eigenvalue weighted by Gasteiger charge is -2.33. The molecule has 3 atom stereocenters. The number of likely N-dealkylation sites (N-methyl/N-ethyl adjacent to an activating group) is 1. The molecule has 1 aliphatic rings. The van der Waals surface area contributed by atoms with Gasteiger partial charge in [-0.25, -0.2) is 18.2 Å². The number of hydrogen-bond acceptors (Lipinski definition) is 7. The Kier molecular flexibility index (Phi) is 10.1. The molecule has 45 heavy (non-hydrogen) atoms. The van der Waals surface area contributed by atoms with E-state index in [0.29, 0.717) is 11.3 Å². The Morgan fingerprint density at radius 3 is 2.42 bits per heavy atom. The number of ether oxygens (including phenoxy) is 1. The average molecular weight is 653 g/mol. The van der Waals surface area contributed by atoms with Crippen molar-refractivity contribution in [2.75, 3.05) is 37.4 Å². The van der Waals surface area contributed by atoms with E-state index in [1.165, 1.54) is 41.2 Å². The standard InChI is InChI=1S/C29H35F3N6O6S/c1-18-13-38(19(2)16-39)27(40)12-20-11-23(35-28(41)34-22-7-5-21(6-8-22)29(30,31)32)9-10-24(20)44-25(18)14-37(4)45(42,43)26-15-36(3)17-33-26/h5-11,15,17-19,25,39H,12-14,16H2,1-4H3,(H2,34,35,41)/t18-,19-,25+/m0/s1. The lowest BCUT2D eigenvalue weighted by molar-refractivity contribution is -0.137. The summed E-state index contributed by atoms with van der Waals surface area (Å²) in [6, 6.07) is 7.30. The third-order valence-corrected chi connectivity index (χ3v) is 9.15. The molecule has 244 valence electrons. The highest BCUT2D eigenvalue weighted by Crippen LogP contribution is 2.31. The second-order valence-electron chi connectivity index (χ2n) is 11.0. The van der Waals surface area contributed by atoms with E-state index in [9.17, 15) is 36.3 Å². The van der Waals surface area contributed by atoms with Crippen molar-refractivity contribution in [3.05, 3.63) is 66.1 Å². The number of halogens is 3. The lowest BCUT2D eigenvalue weighted by Crippen LogP contribution is -2.48. The molecule has 0 radical (unpaired) electrons. The molecular formula is C29H35F3N6O6S. The SMILES string of the molecule is C[C@H]1CN([C@@H](C)CO)C(=O)Cc2cc(NC(=O)Nc3ccc(C(F)(F)F)cc3)ccc2O[C@@H]1CN(C)S(=O)(=O)c1cn(C)cn1. The molecule has 0 bridgehead atoms. The minimum atomic E-state index is -4.51. The van der Waals surface area contributed by atoms with Crippen LogP contribution in [-0.2, 0) is 34.5 Å². The summed E-state index contributed by atoms with van der Waals surface area (Å²) in [6.45, 7) is 3.32. The summed E-state index contributed by atoms with van der Waals surface area (Å²) in [5, 5.41) is 14.8. The summed E-state index contributed by atoms with van der Waals surface area (Å²) in [5.41, 5.74) is -0.0442. The van der Waals surface area contributed by atoms with E-state index in [1.54, 1.807) is 20.0 Å². The number of aliphatic hydroxyl groups excluding tert-OH is 1. The third-order valence-electron chi connectivity index (χ3n) is 7.44. The smallest absolute Gasteiger partial charge is 0.416 e. The molecule has 0 unspecified atom stereocenters. The molecule has 2 heterocycles. The molecule has 0 saturated heterocycles. The van der Waals surface area contributed by atoms with E-state index in [2.05, 4.69) is 15.6 Å². The Balaban J connectivity index is 1.58. The minimum absolute atomic E-state index is 0.0788. The molecule has 4 rings (SSSR count). The molecule has 16 heteroatoms. The Hall–Kier alpha value is -4.15. The Bertz CT molecular complexity index is 1630. The zero-order valence-corrected chi connectivity index (χ0v) is 25.9. The highest BCUT2D eigenvalue weighted by molar-refractivity contribution is 7.89. The van der Waals surface area contributed by atoms with Crippen molar-refractivity contribution >= 4 is 33.3 Å². The first-order chi connectivity index (χ1) is 21.1. The maximum atomic E-state index is 13.4. The van der Waals surface area contributed by atoms with Gasteiger partial charge in [0.2, 0.25) is 5.91 Å². The van der Waals surface area contributed by atoms with Crippen LogP contribution in [0.2, 0.25) is 0 Å². The molecule has 12 nitrogen and oxygen atoms in total. The first kappa shape index (κ1) is 33.7. The van der Waals surface area contributed by atoms with Crippen molar-refractivity contribution in [2.24, 2.45) is 13.0 Å². The second kappa shape index (κ2) is 13.5. The fourth-order valence-electron chi connectivity index (χ4n) is 4.79. The number of carbonyl (C=O) groups excluding carboxylic acids is 2. The number of aryl methyl sites for hydroxylation is 1. The number of rotatable bonds is 8. The summed E-state index contributed by atoms with van der Waals surface area (Å²) in [5.74, 6) is -0.381. The van der Waals surface area contributed by atoms with E-state index < -0.39 is 39.9 Å². The largest absolute Gasteiger partial charge is 0.488 e. The van der Waals surface area contributed by atoms with E-state index in [1.807, 2.05) is 6.92 Å². The van der Waals surface area contributed by atoms with Crippen molar-refractivity contribution < 1.29 is 41.0 Å². The molecule has 2 aromatic carbocycles. The van der Waals surface area contributed by atoms with Gasteiger partial charge in [-0.2, -0.15) is 17.5 Å². The normalized spacial score (nSPS) is 18.3. The third kappa shape index (κ3) is 8.12. The zero-order chi connectivity index (χ0) is 33.1. The molecule has 3 aromatic rings. The molecule has 0 fully saturated rings. The van der Waals surface area contributed by atoms with Crippen molar-refractivity contribution in [1.29, 1.82) is 0 Å². The average Bonchev–Trinajstić information content (AvgIpc) is 3.43. The number of urea groups is 1. The molecule has 1 aliphatic heterocycles. The van der Waals surface area contributed by atoms with Crippen LogP contribution in [0.25, 0.3) is 0 Å². The number of fused-ring (bicyclic) bond motifs is 1. The van der Waals surface area contributed by atoms with Crippen LogP contribution in [0.15, 0.2) is 60.0 Å². The van der Waals surface area contributed by atoms with Crippen LogP contribution in [0.4, 0.5) is 29.3 Å². The van der Waals surface area contributed by atoms with Crippen molar-refractivity contribution in [1.82, 2.24) is 18.8 Å². The number of alkyl halides is 3. The fraction of sp³-hybridized carbons (Fsp3) is 0.414. The van der Waals surface area contributed by atoms with Crippen LogP contribution in [0.5, 0.6) is 5.75 Å². The molecule has 0 spiro atoms. The topological polar surface area (TPSA) is 146 Å². The van der Waals surface area contributed by atoms with E-state index in [0.717, 1.165) is 28.6 Å². The first-order valence-electron chi connectivity index (χ1n) is 14.0. The van der Waals surface area contributed by atoms with Crippen LogP contribution in [0.1, 0.15) is 25.0 Å². The summed E-state index contributed by atoms with van der Waals surface area (Å²) < 4.78 is 74.0. The number of amides is 3. The van der Waals surface area contributed by atoms with Gasteiger partial charge in [-0.05, 0) is 49.4 Å². The van der Waals surface area contributed by atoms with Crippen molar-refractivity contribution in [3.63, 3.8) is 0 Å². The van der Waals surface area contributed by atoms with Crippen LogP contribution >= 0.6 is 0 Å². The number of imidazole rings is 1. The Morgan fingerprint density at radius 1 is 1.18 bits per heavy atom. The van der Waals surface area contributed by atoms with Gasteiger partial charge in [0.25, 0.3) is 10.0 Å². The molecule has 3 amide bonds. The minimum Gasteiger partial charge on any atom is -0.488 e. The van der Waals surface area contributed by atoms with Gasteiger partial charge in [-0.3, -0.25) is 4.79 Å². The van der Waals surface area contributed by atoms with Crippen molar-refractivity contribution in [3.8, 4) is 5.75 Å². The molecule has 3 N–H and O–H groups in total. The number of hydrogen-bond donors (Lipinski definition) is 3.